The topological polar surface area (TPSA) is 67.9 Å². The number of halogens is 1. The summed E-state index contributed by atoms with van der Waals surface area (Å²) in [6.45, 7) is 8.10. The molecule has 122 valence electrons. The van der Waals surface area contributed by atoms with E-state index in [2.05, 4.69) is 5.32 Å². The van der Waals surface area contributed by atoms with Crippen molar-refractivity contribution in [1.82, 2.24) is 10.2 Å². The summed E-state index contributed by atoms with van der Waals surface area (Å²) in [6, 6.07) is 0. The maximum atomic E-state index is 12.1. The molecule has 0 aromatic rings. The van der Waals surface area contributed by atoms with E-state index in [1.54, 1.807) is 4.90 Å². The summed E-state index contributed by atoms with van der Waals surface area (Å²) in [5.41, 5.74) is -0.702. The third-order valence-corrected chi connectivity index (χ3v) is 4.09. The minimum atomic E-state index is -0.498. The van der Waals surface area contributed by atoms with Gasteiger partial charge in [-0.15, -0.1) is 12.4 Å². The van der Waals surface area contributed by atoms with Gasteiger partial charge in [0.2, 0.25) is 0 Å². The molecule has 2 rings (SSSR count). The molecule has 2 saturated heterocycles. The molecule has 0 radical (unpaired) electrons. The van der Waals surface area contributed by atoms with E-state index in [9.17, 15) is 9.59 Å². The van der Waals surface area contributed by atoms with Gasteiger partial charge in [-0.3, -0.25) is 4.79 Å². The van der Waals surface area contributed by atoms with E-state index in [4.69, 9.17) is 9.47 Å². The van der Waals surface area contributed by atoms with Crippen molar-refractivity contribution in [3.05, 3.63) is 0 Å². The first-order chi connectivity index (χ1) is 9.27. The van der Waals surface area contributed by atoms with Gasteiger partial charge in [0.05, 0.1) is 13.0 Å². The molecule has 0 saturated carbocycles. The van der Waals surface area contributed by atoms with Crippen molar-refractivity contribution in [3.63, 3.8) is 0 Å². The molecule has 2 aliphatic heterocycles. The zero-order chi connectivity index (χ0) is 15.0. The highest BCUT2D eigenvalue weighted by molar-refractivity contribution is 5.85. The second-order valence-electron chi connectivity index (χ2n) is 6.72. The largest absolute Gasteiger partial charge is 0.469 e. The van der Waals surface area contributed by atoms with E-state index in [0.29, 0.717) is 19.6 Å². The summed E-state index contributed by atoms with van der Waals surface area (Å²) >= 11 is 0. The number of hydrogen-bond acceptors (Lipinski definition) is 5. The van der Waals surface area contributed by atoms with Crippen molar-refractivity contribution in [2.75, 3.05) is 33.3 Å². The number of nitrogens with one attached hydrogen (secondary N) is 1. The molecule has 2 aliphatic rings. The number of hydrogen-bond donors (Lipinski definition) is 1. The molecule has 21 heavy (non-hydrogen) atoms. The smallest absolute Gasteiger partial charge is 0.410 e. The van der Waals surface area contributed by atoms with Crippen LogP contribution in [0.25, 0.3) is 0 Å². The Kier molecular flexibility index (Phi) is 5.50. The normalized spacial score (nSPS) is 28.4. The average molecular weight is 321 g/mol. The van der Waals surface area contributed by atoms with Gasteiger partial charge in [0.1, 0.15) is 5.60 Å². The number of carbonyl (C=O) groups is 2. The van der Waals surface area contributed by atoms with E-state index >= 15 is 0 Å². The van der Waals surface area contributed by atoms with Crippen LogP contribution in [0.3, 0.4) is 0 Å². The fourth-order valence-corrected chi connectivity index (χ4v) is 3.09. The molecule has 1 N–H and O–H groups in total. The molecule has 2 fully saturated rings. The molecule has 0 aliphatic carbocycles. The van der Waals surface area contributed by atoms with Crippen LogP contribution in [0.1, 0.15) is 27.2 Å². The summed E-state index contributed by atoms with van der Waals surface area (Å²) in [7, 11) is 1.41. The standard InChI is InChI=1S/C14H24N2O4.ClH/c1-13(2,3)20-12(18)16-6-5-14(9-16)8-15-7-10(14)11(17)19-4;/h10,15H,5-9H2,1-4H3;1H. The second kappa shape index (κ2) is 6.40. The Morgan fingerprint density at radius 2 is 2.00 bits per heavy atom. The lowest BCUT2D eigenvalue weighted by molar-refractivity contribution is -0.148. The summed E-state index contributed by atoms with van der Waals surface area (Å²) in [5, 5.41) is 3.25. The predicted octanol–water partition coefficient (Wildman–Crippen LogP) is 1.43. The number of ether oxygens (including phenoxy) is 2. The summed E-state index contributed by atoms with van der Waals surface area (Å²) in [4.78, 5) is 25.7. The zero-order valence-corrected chi connectivity index (χ0v) is 13.9. The van der Waals surface area contributed by atoms with Crippen LogP contribution in [-0.2, 0) is 14.3 Å². The number of methoxy groups -OCH3 is 1. The molecule has 0 aromatic carbocycles. The maximum Gasteiger partial charge on any atom is 0.410 e. The lowest BCUT2D eigenvalue weighted by Gasteiger charge is -2.29. The van der Waals surface area contributed by atoms with Crippen molar-refractivity contribution in [2.45, 2.75) is 32.8 Å². The van der Waals surface area contributed by atoms with Gasteiger partial charge in [-0.25, -0.2) is 4.79 Å². The molecule has 6 nitrogen and oxygen atoms in total. The van der Waals surface area contributed by atoms with E-state index in [0.717, 1.165) is 13.0 Å². The van der Waals surface area contributed by atoms with Crippen LogP contribution < -0.4 is 5.32 Å². The van der Waals surface area contributed by atoms with Gasteiger partial charge in [-0.1, -0.05) is 0 Å². The first kappa shape index (κ1) is 18.0. The predicted molar refractivity (Wildman–Crippen MR) is 80.5 cm³/mol. The quantitative estimate of drug-likeness (QED) is 0.740. The average Bonchev–Trinajstić information content (AvgIpc) is 2.95. The van der Waals surface area contributed by atoms with Crippen molar-refractivity contribution < 1.29 is 19.1 Å². The van der Waals surface area contributed by atoms with Gasteiger partial charge in [0.15, 0.2) is 0 Å². The van der Waals surface area contributed by atoms with E-state index in [-0.39, 0.29) is 35.8 Å². The first-order valence-electron chi connectivity index (χ1n) is 7.04. The molecule has 0 aromatic heterocycles. The van der Waals surface area contributed by atoms with Gasteiger partial charge in [-0.05, 0) is 27.2 Å². The highest BCUT2D eigenvalue weighted by atomic mass is 35.5. The Bertz CT molecular complexity index is 410. The molecular formula is C14H25ClN2O4. The number of rotatable bonds is 1. The van der Waals surface area contributed by atoms with Crippen LogP contribution in [0, 0.1) is 11.3 Å². The third kappa shape index (κ3) is 3.80. The number of carbonyl (C=O) groups excluding carboxylic acids is 2. The number of amides is 1. The van der Waals surface area contributed by atoms with Crippen molar-refractivity contribution >= 4 is 24.5 Å². The molecular weight excluding hydrogens is 296 g/mol. The highest BCUT2D eigenvalue weighted by Crippen LogP contribution is 2.41. The van der Waals surface area contributed by atoms with Crippen LogP contribution in [0.4, 0.5) is 4.79 Å². The molecule has 1 spiro atoms. The van der Waals surface area contributed by atoms with Crippen LogP contribution in [0.15, 0.2) is 0 Å². The zero-order valence-electron chi connectivity index (χ0n) is 13.1. The second-order valence-corrected chi connectivity index (χ2v) is 6.72. The molecule has 2 unspecified atom stereocenters. The SMILES string of the molecule is COC(=O)C1CNCC12CCN(C(=O)OC(C)(C)C)C2.Cl. The Morgan fingerprint density at radius 3 is 2.57 bits per heavy atom. The van der Waals surface area contributed by atoms with Crippen LogP contribution in [-0.4, -0.2) is 55.9 Å². The monoisotopic (exact) mass is 320 g/mol. The van der Waals surface area contributed by atoms with Crippen LogP contribution >= 0.6 is 12.4 Å². The number of nitrogens with zero attached hydrogens (tertiary/aromatic N) is 1. The fraction of sp³-hybridized carbons (Fsp3) is 0.857. The number of likely N-dealkylation sites (tertiary alicyclic amines) is 1. The van der Waals surface area contributed by atoms with Gasteiger partial charge in [0.25, 0.3) is 0 Å². The first-order valence-corrected chi connectivity index (χ1v) is 7.04. The Labute approximate surface area is 131 Å². The van der Waals surface area contributed by atoms with Crippen molar-refractivity contribution in [2.24, 2.45) is 11.3 Å². The van der Waals surface area contributed by atoms with E-state index < -0.39 is 5.60 Å². The Morgan fingerprint density at radius 1 is 1.33 bits per heavy atom. The van der Waals surface area contributed by atoms with E-state index in [1.807, 2.05) is 20.8 Å². The molecule has 7 heteroatoms. The van der Waals surface area contributed by atoms with Gasteiger partial charge < -0.3 is 19.7 Å². The highest BCUT2D eigenvalue weighted by Gasteiger charge is 2.52. The summed E-state index contributed by atoms with van der Waals surface area (Å²) in [6.07, 6.45) is 0.504. The Balaban J connectivity index is 0.00000220. The summed E-state index contributed by atoms with van der Waals surface area (Å²) in [5.74, 6) is -0.374. The molecule has 1 amide bonds. The fourth-order valence-electron chi connectivity index (χ4n) is 3.09. The van der Waals surface area contributed by atoms with E-state index in [1.165, 1.54) is 7.11 Å². The molecule has 2 heterocycles. The molecule has 2 atom stereocenters. The lowest BCUT2D eigenvalue weighted by Crippen LogP contribution is -2.41. The maximum absolute atomic E-state index is 12.1. The molecule has 0 bridgehead atoms. The van der Waals surface area contributed by atoms with Gasteiger partial charge >= 0.3 is 12.1 Å². The van der Waals surface area contributed by atoms with Crippen molar-refractivity contribution in [3.8, 4) is 0 Å². The summed E-state index contributed by atoms with van der Waals surface area (Å²) < 4.78 is 10.3. The lowest BCUT2D eigenvalue weighted by atomic mass is 9.77. The minimum Gasteiger partial charge on any atom is -0.469 e. The van der Waals surface area contributed by atoms with Crippen molar-refractivity contribution in [1.29, 1.82) is 0 Å². The van der Waals surface area contributed by atoms with Crippen LogP contribution in [0.5, 0.6) is 0 Å². The Hall–Kier alpha value is -1.01. The van der Waals surface area contributed by atoms with Crippen LogP contribution in [0.2, 0.25) is 0 Å². The minimum absolute atomic E-state index is 0. The van der Waals surface area contributed by atoms with Gasteiger partial charge in [-0.2, -0.15) is 0 Å². The number of esters is 1. The van der Waals surface area contributed by atoms with Gasteiger partial charge in [0, 0.05) is 31.6 Å². The third-order valence-electron chi connectivity index (χ3n) is 4.09.